The lowest BCUT2D eigenvalue weighted by atomic mass is 10.0. The highest BCUT2D eigenvalue weighted by Gasteiger charge is 2.13. The van der Waals surface area contributed by atoms with Gasteiger partial charge in [-0.05, 0) is 38.3 Å². The zero-order chi connectivity index (χ0) is 19.5. The maximum absolute atomic E-state index is 5.81. The zero-order valence-corrected chi connectivity index (χ0v) is 19.7. The monoisotopic (exact) mass is 499 g/mol. The van der Waals surface area contributed by atoms with Gasteiger partial charge >= 0.3 is 0 Å². The van der Waals surface area contributed by atoms with Crippen LogP contribution in [-0.2, 0) is 11.3 Å². The summed E-state index contributed by atoms with van der Waals surface area (Å²) in [7, 11) is 0. The molecule has 7 heteroatoms. The van der Waals surface area contributed by atoms with Crippen molar-refractivity contribution in [1.29, 1.82) is 0 Å². The van der Waals surface area contributed by atoms with Gasteiger partial charge in [0.1, 0.15) is 0 Å². The summed E-state index contributed by atoms with van der Waals surface area (Å²) in [5.41, 5.74) is 2.12. The molecule has 28 heavy (non-hydrogen) atoms. The Morgan fingerprint density at radius 1 is 1.18 bits per heavy atom. The normalized spacial score (nSPS) is 12.5. The van der Waals surface area contributed by atoms with Crippen molar-refractivity contribution in [3.05, 3.63) is 48.3 Å². The van der Waals surface area contributed by atoms with Crippen LogP contribution in [0.2, 0.25) is 0 Å². The van der Waals surface area contributed by atoms with E-state index in [1.807, 2.05) is 54.3 Å². The predicted octanol–water partition coefficient (Wildman–Crippen LogP) is 4.00. The van der Waals surface area contributed by atoms with Gasteiger partial charge in [-0.1, -0.05) is 32.0 Å². The molecule has 0 aliphatic heterocycles. The molecule has 2 N–H and O–H groups in total. The van der Waals surface area contributed by atoms with Crippen LogP contribution >= 0.6 is 24.0 Å². The van der Waals surface area contributed by atoms with Gasteiger partial charge in [-0.2, -0.15) is 5.10 Å². The minimum absolute atomic E-state index is 0. The van der Waals surface area contributed by atoms with Gasteiger partial charge in [0.05, 0.1) is 24.5 Å². The molecule has 1 unspecified atom stereocenters. The fourth-order valence-electron chi connectivity index (χ4n) is 2.83. The van der Waals surface area contributed by atoms with Gasteiger partial charge in [0.15, 0.2) is 5.96 Å². The third-order valence-corrected chi connectivity index (χ3v) is 4.27. The van der Waals surface area contributed by atoms with E-state index in [9.17, 15) is 0 Å². The number of aromatic nitrogens is 2. The van der Waals surface area contributed by atoms with Gasteiger partial charge in [0.2, 0.25) is 0 Å². The summed E-state index contributed by atoms with van der Waals surface area (Å²) >= 11 is 0. The van der Waals surface area contributed by atoms with Crippen LogP contribution in [0.1, 0.15) is 39.7 Å². The Hall–Kier alpha value is -1.61. The van der Waals surface area contributed by atoms with Crippen molar-refractivity contribution in [1.82, 2.24) is 20.4 Å². The minimum atomic E-state index is 0. The molecular weight excluding hydrogens is 465 g/mol. The van der Waals surface area contributed by atoms with Crippen molar-refractivity contribution in [3.8, 4) is 5.69 Å². The van der Waals surface area contributed by atoms with Crippen LogP contribution in [0.15, 0.2) is 47.7 Å². The number of para-hydroxylation sites is 1. The van der Waals surface area contributed by atoms with Crippen LogP contribution in [0.3, 0.4) is 0 Å². The summed E-state index contributed by atoms with van der Waals surface area (Å²) < 4.78 is 7.68. The fourth-order valence-corrected chi connectivity index (χ4v) is 2.83. The second kappa shape index (κ2) is 13.5. The topological polar surface area (TPSA) is 63.5 Å². The summed E-state index contributed by atoms with van der Waals surface area (Å²) in [6.07, 6.45) is 5.12. The average molecular weight is 499 g/mol. The first kappa shape index (κ1) is 24.4. The van der Waals surface area contributed by atoms with Gasteiger partial charge in [-0.25, -0.2) is 9.67 Å². The maximum atomic E-state index is 5.81. The molecule has 0 saturated heterocycles. The molecule has 2 rings (SSSR count). The van der Waals surface area contributed by atoms with Crippen molar-refractivity contribution in [2.24, 2.45) is 10.9 Å². The van der Waals surface area contributed by atoms with E-state index in [1.54, 1.807) is 0 Å². The van der Waals surface area contributed by atoms with Crippen molar-refractivity contribution in [3.63, 3.8) is 0 Å². The molecule has 6 nitrogen and oxygen atoms in total. The smallest absolute Gasteiger partial charge is 0.191 e. The summed E-state index contributed by atoms with van der Waals surface area (Å²) in [6.45, 7) is 11.5. The van der Waals surface area contributed by atoms with Gasteiger partial charge in [0, 0.05) is 31.5 Å². The predicted molar refractivity (Wildman–Crippen MR) is 127 cm³/mol. The first-order chi connectivity index (χ1) is 13.1. The summed E-state index contributed by atoms with van der Waals surface area (Å²) in [6, 6.07) is 10.1. The number of hydrogen-bond donors (Lipinski definition) is 2. The summed E-state index contributed by atoms with van der Waals surface area (Å²) in [5, 5.41) is 11.1. The maximum Gasteiger partial charge on any atom is 0.191 e. The number of ether oxygens (including phenoxy) is 1. The van der Waals surface area contributed by atoms with Crippen molar-refractivity contribution >= 4 is 29.9 Å². The van der Waals surface area contributed by atoms with Crippen LogP contribution in [-0.4, -0.2) is 41.5 Å². The molecular formula is C21H34IN5O. The first-order valence-corrected chi connectivity index (χ1v) is 9.86. The summed E-state index contributed by atoms with van der Waals surface area (Å²) in [4.78, 5) is 4.68. The minimum Gasteiger partial charge on any atom is -0.378 e. The third kappa shape index (κ3) is 8.18. The van der Waals surface area contributed by atoms with Crippen LogP contribution in [0.4, 0.5) is 0 Å². The van der Waals surface area contributed by atoms with Crippen LogP contribution in [0, 0.1) is 5.92 Å². The number of rotatable bonds is 10. The number of hydrogen-bond acceptors (Lipinski definition) is 3. The van der Waals surface area contributed by atoms with Gasteiger partial charge in [-0.15, -0.1) is 24.0 Å². The van der Waals surface area contributed by atoms with Crippen LogP contribution in [0.5, 0.6) is 0 Å². The Labute approximate surface area is 186 Å². The molecule has 0 radical (unpaired) electrons. The Morgan fingerprint density at radius 3 is 2.57 bits per heavy atom. The Balaban J connectivity index is 0.00000392. The second-order valence-electron chi connectivity index (χ2n) is 6.78. The quantitative estimate of drug-likeness (QED) is 0.295. The van der Waals surface area contributed by atoms with Gasteiger partial charge in [-0.3, -0.25) is 0 Å². The molecule has 2 aromatic rings. The van der Waals surface area contributed by atoms with E-state index in [2.05, 4.69) is 41.5 Å². The Bertz CT molecular complexity index is 687. The molecule has 0 spiro atoms. The molecule has 0 fully saturated rings. The molecule has 1 aromatic carbocycles. The highest BCUT2D eigenvalue weighted by molar-refractivity contribution is 14.0. The number of aliphatic imine (C=N–C) groups is 1. The standard InChI is InChI=1S/C21H33N5O.HI/c1-5-22-21(23-13-12-20(17(3)4)27-6-2)24-14-18-15-25-26(16-18)19-10-8-7-9-11-19;/h7-11,15-17,20H,5-6,12-14H2,1-4H3,(H2,22,23,24);1H. The molecule has 156 valence electrons. The van der Waals surface area contributed by atoms with E-state index in [0.717, 1.165) is 43.3 Å². The molecule has 0 saturated carbocycles. The fraction of sp³-hybridized carbons (Fsp3) is 0.524. The number of benzene rings is 1. The molecule has 0 bridgehead atoms. The number of guanidine groups is 1. The van der Waals surface area contributed by atoms with E-state index in [0.29, 0.717) is 12.5 Å². The average Bonchev–Trinajstić information content (AvgIpc) is 3.15. The highest BCUT2D eigenvalue weighted by Crippen LogP contribution is 2.10. The van der Waals surface area contributed by atoms with Crippen molar-refractivity contribution in [2.75, 3.05) is 19.7 Å². The molecule has 0 aliphatic rings. The largest absolute Gasteiger partial charge is 0.378 e. The molecule has 0 amide bonds. The number of nitrogens with zero attached hydrogens (tertiary/aromatic N) is 3. The first-order valence-electron chi connectivity index (χ1n) is 9.86. The van der Waals surface area contributed by atoms with E-state index in [-0.39, 0.29) is 30.1 Å². The molecule has 1 heterocycles. The summed E-state index contributed by atoms with van der Waals surface area (Å²) in [5.74, 6) is 1.33. The number of halogens is 1. The van der Waals surface area contributed by atoms with E-state index >= 15 is 0 Å². The number of nitrogens with one attached hydrogen (secondary N) is 2. The molecule has 1 aromatic heterocycles. The second-order valence-corrected chi connectivity index (χ2v) is 6.78. The van der Waals surface area contributed by atoms with E-state index < -0.39 is 0 Å². The lowest BCUT2D eigenvalue weighted by molar-refractivity contribution is 0.0258. The van der Waals surface area contributed by atoms with Gasteiger partial charge < -0.3 is 15.4 Å². The third-order valence-electron chi connectivity index (χ3n) is 4.27. The lowest BCUT2D eigenvalue weighted by Crippen LogP contribution is -2.39. The van der Waals surface area contributed by atoms with Crippen LogP contribution < -0.4 is 10.6 Å². The van der Waals surface area contributed by atoms with Crippen molar-refractivity contribution in [2.45, 2.75) is 46.8 Å². The zero-order valence-electron chi connectivity index (χ0n) is 17.4. The molecule has 1 atom stereocenters. The SMILES string of the molecule is CCNC(=NCc1cnn(-c2ccccc2)c1)NCCC(OCC)C(C)C.I. The van der Waals surface area contributed by atoms with Crippen LogP contribution in [0.25, 0.3) is 5.69 Å². The Kier molecular flexibility index (Phi) is 11.8. The highest BCUT2D eigenvalue weighted by atomic mass is 127. The van der Waals surface area contributed by atoms with Gasteiger partial charge in [0.25, 0.3) is 0 Å². The Morgan fingerprint density at radius 2 is 1.93 bits per heavy atom. The van der Waals surface area contributed by atoms with E-state index in [4.69, 9.17) is 4.74 Å². The van der Waals surface area contributed by atoms with E-state index in [1.165, 1.54) is 0 Å². The van der Waals surface area contributed by atoms with Crippen molar-refractivity contribution < 1.29 is 4.74 Å². The molecule has 0 aliphatic carbocycles. The lowest BCUT2D eigenvalue weighted by Gasteiger charge is -2.21.